The molecule has 5 nitrogen and oxygen atoms in total. The van der Waals surface area contributed by atoms with Gasteiger partial charge in [0.2, 0.25) is 5.95 Å². The lowest BCUT2D eigenvalue weighted by atomic mass is 10.3. The first-order chi connectivity index (χ1) is 11.6. The fourth-order valence-electron chi connectivity index (χ4n) is 1.99. The molecule has 1 heterocycles. The van der Waals surface area contributed by atoms with Crippen LogP contribution in [0.5, 0.6) is 0 Å². The van der Waals surface area contributed by atoms with Gasteiger partial charge in [-0.05, 0) is 36.4 Å². The SMILES string of the molecule is O=C(Nc1cccc(F)c1)c1ccnc(Nc2ccccc2Cl)n1. The second-order valence-corrected chi connectivity index (χ2v) is 5.24. The van der Waals surface area contributed by atoms with E-state index >= 15 is 0 Å². The van der Waals surface area contributed by atoms with Gasteiger partial charge in [0.15, 0.2) is 0 Å². The monoisotopic (exact) mass is 342 g/mol. The summed E-state index contributed by atoms with van der Waals surface area (Å²) in [5, 5.41) is 6.03. The maximum Gasteiger partial charge on any atom is 0.274 e. The molecule has 0 aliphatic heterocycles. The molecule has 0 bridgehead atoms. The Morgan fingerprint density at radius 1 is 1.08 bits per heavy atom. The lowest BCUT2D eigenvalue weighted by Gasteiger charge is -2.08. The van der Waals surface area contributed by atoms with E-state index in [1.54, 1.807) is 24.3 Å². The van der Waals surface area contributed by atoms with E-state index in [9.17, 15) is 9.18 Å². The maximum absolute atomic E-state index is 13.2. The number of carbonyl (C=O) groups is 1. The molecule has 0 unspecified atom stereocenters. The van der Waals surface area contributed by atoms with Crippen LogP contribution in [-0.2, 0) is 0 Å². The molecule has 0 saturated heterocycles. The Bertz CT molecular complexity index is 888. The Morgan fingerprint density at radius 3 is 2.71 bits per heavy atom. The van der Waals surface area contributed by atoms with Crippen molar-refractivity contribution in [2.24, 2.45) is 0 Å². The quantitative estimate of drug-likeness (QED) is 0.743. The summed E-state index contributed by atoms with van der Waals surface area (Å²) in [6, 6.07) is 14.2. The van der Waals surface area contributed by atoms with Crippen LogP contribution in [-0.4, -0.2) is 15.9 Å². The molecule has 0 aliphatic rings. The van der Waals surface area contributed by atoms with E-state index in [4.69, 9.17) is 11.6 Å². The van der Waals surface area contributed by atoms with Crippen LogP contribution in [0.2, 0.25) is 5.02 Å². The van der Waals surface area contributed by atoms with Crippen molar-refractivity contribution >= 4 is 34.8 Å². The minimum Gasteiger partial charge on any atom is -0.323 e. The van der Waals surface area contributed by atoms with Crippen molar-refractivity contribution in [1.82, 2.24) is 9.97 Å². The van der Waals surface area contributed by atoms with Crippen LogP contribution in [0.3, 0.4) is 0 Å². The Hall–Kier alpha value is -2.99. The van der Waals surface area contributed by atoms with Gasteiger partial charge in [-0.25, -0.2) is 14.4 Å². The van der Waals surface area contributed by atoms with Crippen LogP contribution in [0, 0.1) is 5.82 Å². The molecule has 24 heavy (non-hydrogen) atoms. The highest BCUT2D eigenvalue weighted by Crippen LogP contribution is 2.23. The van der Waals surface area contributed by atoms with E-state index in [2.05, 4.69) is 20.6 Å². The Kier molecular flexibility index (Phi) is 4.67. The minimum absolute atomic E-state index is 0.142. The standard InChI is InChI=1S/C17H12ClFN4O/c18-13-6-1-2-7-14(13)22-17-20-9-8-15(23-17)16(24)21-12-5-3-4-11(19)10-12/h1-10H,(H,21,24)(H,20,22,23). The first-order valence-corrected chi connectivity index (χ1v) is 7.41. The Labute approximate surface area is 142 Å². The minimum atomic E-state index is -0.467. The first kappa shape index (κ1) is 15.9. The third kappa shape index (κ3) is 3.85. The maximum atomic E-state index is 13.2. The van der Waals surface area contributed by atoms with Crippen LogP contribution in [0.15, 0.2) is 60.8 Å². The van der Waals surface area contributed by atoms with Crippen molar-refractivity contribution in [1.29, 1.82) is 0 Å². The zero-order valence-electron chi connectivity index (χ0n) is 12.3. The average Bonchev–Trinajstić information content (AvgIpc) is 2.57. The summed E-state index contributed by atoms with van der Waals surface area (Å²) in [6.07, 6.45) is 1.45. The molecule has 2 N–H and O–H groups in total. The number of aromatic nitrogens is 2. The van der Waals surface area contributed by atoms with Crippen molar-refractivity contribution in [2.45, 2.75) is 0 Å². The number of hydrogen-bond donors (Lipinski definition) is 2. The number of para-hydroxylation sites is 1. The number of hydrogen-bond acceptors (Lipinski definition) is 4. The summed E-state index contributed by atoms with van der Waals surface area (Å²) in [4.78, 5) is 20.4. The molecule has 0 radical (unpaired) electrons. The first-order valence-electron chi connectivity index (χ1n) is 7.03. The molecule has 0 atom stereocenters. The van der Waals surface area contributed by atoms with Crippen LogP contribution in [0.1, 0.15) is 10.5 Å². The van der Waals surface area contributed by atoms with Crippen LogP contribution in [0.25, 0.3) is 0 Å². The van der Waals surface area contributed by atoms with E-state index in [1.807, 2.05) is 6.07 Å². The van der Waals surface area contributed by atoms with Gasteiger partial charge in [0.25, 0.3) is 5.91 Å². The van der Waals surface area contributed by atoms with Gasteiger partial charge in [0.1, 0.15) is 11.5 Å². The molecule has 3 rings (SSSR count). The highest BCUT2D eigenvalue weighted by molar-refractivity contribution is 6.33. The summed E-state index contributed by atoms with van der Waals surface area (Å²) < 4.78 is 13.2. The molecule has 3 aromatic rings. The number of anilines is 3. The largest absolute Gasteiger partial charge is 0.323 e. The van der Waals surface area contributed by atoms with Gasteiger partial charge >= 0.3 is 0 Å². The van der Waals surface area contributed by atoms with Crippen molar-refractivity contribution in [3.63, 3.8) is 0 Å². The molecule has 0 fully saturated rings. The predicted octanol–water partition coefficient (Wildman–Crippen LogP) is 4.27. The van der Waals surface area contributed by atoms with Gasteiger partial charge < -0.3 is 10.6 Å². The van der Waals surface area contributed by atoms with Crippen LogP contribution < -0.4 is 10.6 Å². The molecular formula is C17H12ClFN4O. The van der Waals surface area contributed by atoms with Gasteiger partial charge in [0.05, 0.1) is 10.7 Å². The number of amides is 1. The van der Waals surface area contributed by atoms with Crippen molar-refractivity contribution < 1.29 is 9.18 Å². The smallest absolute Gasteiger partial charge is 0.274 e. The number of rotatable bonds is 4. The van der Waals surface area contributed by atoms with Gasteiger partial charge in [0, 0.05) is 11.9 Å². The topological polar surface area (TPSA) is 66.9 Å². The molecule has 0 spiro atoms. The number of nitrogens with one attached hydrogen (secondary N) is 2. The zero-order valence-corrected chi connectivity index (χ0v) is 13.1. The van der Waals surface area contributed by atoms with E-state index in [0.29, 0.717) is 16.4 Å². The second kappa shape index (κ2) is 7.06. The van der Waals surface area contributed by atoms with Crippen molar-refractivity contribution in [2.75, 3.05) is 10.6 Å². The molecule has 0 saturated carbocycles. The lowest BCUT2D eigenvalue weighted by Crippen LogP contribution is -2.14. The van der Waals surface area contributed by atoms with Crippen molar-refractivity contribution in [3.8, 4) is 0 Å². The number of nitrogens with zero attached hydrogens (tertiary/aromatic N) is 2. The summed E-state index contributed by atoms with van der Waals surface area (Å²) in [7, 11) is 0. The van der Waals surface area contributed by atoms with Crippen LogP contribution in [0.4, 0.5) is 21.7 Å². The van der Waals surface area contributed by atoms with Gasteiger partial charge in [-0.3, -0.25) is 4.79 Å². The van der Waals surface area contributed by atoms with Gasteiger partial charge in [-0.1, -0.05) is 29.8 Å². The van der Waals surface area contributed by atoms with Gasteiger partial charge in [-0.2, -0.15) is 0 Å². The lowest BCUT2D eigenvalue weighted by molar-refractivity contribution is 0.102. The van der Waals surface area contributed by atoms with E-state index in [1.165, 1.54) is 30.5 Å². The third-order valence-corrected chi connectivity index (χ3v) is 3.42. The van der Waals surface area contributed by atoms with E-state index < -0.39 is 11.7 Å². The molecule has 2 aromatic carbocycles. The molecule has 1 amide bonds. The molecule has 1 aromatic heterocycles. The summed E-state index contributed by atoms with van der Waals surface area (Å²) in [6.45, 7) is 0. The average molecular weight is 343 g/mol. The fourth-order valence-corrected chi connectivity index (χ4v) is 2.17. The zero-order chi connectivity index (χ0) is 16.9. The number of benzene rings is 2. The predicted molar refractivity (Wildman–Crippen MR) is 91.1 cm³/mol. The summed E-state index contributed by atoms with van der Waals surface area (Å²) in [5.41, 5.74) is 1.12. The molecule has 0 aliphatic carbocycles. The molecule has 120 valence electrons. The van der Waals surface area contributed by atoms with E-state index in [-0.39, 0.29) is 11.6 Å². The van der Waals surface area contributed by atoms with E-state index in [0.717, 1.165) is 0 Å². The summed E-state index contributed by atoms with van der Waals surface area (Å²) in [5.74, 6) is -0.670. The fraction of sp³-hybridized carbons (Fsp3) is 0. The highest BCUT2D eigenvalue weighted by Gasteiger charge is 2.10. The molecule has 7 heteroatoms. The van der Waals surface area contributed by atoms with Gasteiger partial charge in [-0.15, -0.1) is 0 Å². The number of carbonyl (C=O) groups excluding carboxylic acids is 1. The highest BCUT2D eigenvalue weighted by atomic mass is 35.5. The Balaban J connectivity index is 1.77. The van der Waals surface area contributed by atoms with Crippen molar-refractivity contribution in [3.05, 3.63) is 77.3 Å². The third-order valence-electron chi connectivity index (χ3n) is 3.09. The van der Waals surface area contributed by atoms with Crippen LogP contribution >= 0.6 is 11.6 Å². The second-order valence-electron chi connectivity index (χ2n) is 4.83. The number of halogens is 2. The summed E-state index contributed by atoms with van der Waals surface area (Å²) >= 11 is 6.07. The normalized spacial score (nSPS) is 10.2. The Morgan fingerprint density at radius 2 is 1.92 bits per heavy atom. The molecular weight excluding hydrogens is 331 g/mol.